The van der Waals surface area contributed by atoms with Crippen LogP contribution in [0.5, 0.6) is 0 Å². The number of nitrogens with one attached hydrogen (secondary N) is 3. The molecule has 0 saturated heterocycles. The number of benzene rings is 1. The minimum absolute atomic E-state index is 0.0980. The van der Waals surface area contributed by atoms with Gasteiger partial charge in [-0.3, -0.25) is 5.41 Å². The molecule has 0 unspecified atom stereocenters. The second-order valence-electron chi connectivity index (χ2n) is 4.60. The molecule has 0 fully saturated rings. The second kappa shape index (κ2) is 7.15. The number of hydrogen-bond acceptors (Lipinski definition) is 6. The van der Waals surface area contributed by atoms with Crippen molar-refractivity contribution >= 4 is 37.5 Å². The minimum Gasteiger partial charge on any atom is -0.339 e. The van der Waals surface area contributed by atoms with Gasteiger partial charge in [0, 0.05) is 18.7 Å². The molecule has 3 N–H and O–H groups in total. The lowest BCUT2D eigenvalue weighted by Gasteiger charge is -2.07. The fourth-order valence-corrected chi connectivity index (χ4v) is 2.54. The topological polar surface area (TPSA) is 121 Å². The van der Waals surface area contributed by atoms with Crippen LogP contribution in [-0.4, -0.2) is 37.4 Å². The van der Waals surface area contributed by atoms with Crippen molar-refractivity contribution in [3.05, 3.63) is 39.9 Å². The van der Waals surface area contributed by atoms with Crippen molar-refractivity contribution in [2.24, 2.45) is 0 Å². The summed E-state index contributed by atoms with van der Waals surface area (Å²) in [7, 11) is -3.31. The summed E-state index contributed by atoms with van der Waals surface area (Å²) in [5.74, 6) is -0.517. The summed E-state index contributed by atoms with van der Waals surface area (Å²) < 4.78 is 42.4. The van der Waals surface area contributed by atoms with Crippen molar-refractivity contribution in [3.8, 4) is 0 Å². The van der Waals surface area contributed by atoms with E-state index in [0.29, 0.717) is 11.4 Å². The van der Waals surface area contributed by atoms with Gasteiger partial charge in [0.05, 0.1) is 10.7 Å². The highest BCUT2D eigenvalue weighted by molar-refractivity contribution is 9.10. The van der Waals surface area contributed by atoms with Crippen LogP contribution in [0, 0.1) is 11.2 Å². The lowest BCUT2D eigenvalue weighted by atomic mass is 10.2. The monoisotopic (exact) mass is 405 g/mol. The quantitative estimate of drug-likeness (QED) is 0.494. The maximum absolute atomic E-state index is 13.2. The number of hydrogen-bond donors (Lipinski definition) is 3. The Balaban J connectivity index is 2.05. The largest absolute Gasteiger partial charge is 0.339 e. The summed E-state index contributed by atoms with van der Waals surface area (Å²) in [6, 6.07) is 4.19. The van der Waals surface area contributed by atoms with Crippen LogP contribution in [0.1, 0.15) is 11.4 Å². The molecular formula is C12H13BrFN5O3S. The predicted molar refractivity (Wildman–Crippen MR) is 85.4 cm³/mol. The van der Waals surface area contributed by atoms with Crippen molar-refractivity contribution in [1.29, 1.82) is 5.41 Å². The zero-order chi connectivity index (χ0) is 17.0. The smallest absolute Gasteiger partial charge is 0.208 e. The average Bonchev–Trinajstić information content (AvgIpc) is 2.90. The lowest BCUT2D eigenvalue weighted by molar-refractivity contribution is 0.302. The van der Waals surface area contributed by atoms with E-state index in [4.69, 9.17) is 5.41 Å². The molecule has 23 heavy (non-hydrogen) atoms. The normalized spacial score (nSPS) is 11.4. The highest BCUT2D eigenvalue weighted by atomic mass is 79.9. The van der Waals surface area contributed by atoms with E-state index >= 15 is 0 Å². The van der Waals surface area contributed by atoms with Gasteiger partial charge in [-0.1, -0.05) is 5.16 Å². The molecule has 0 aliphatic carbocycles. The Morgan fingerprint density at radius 2 is 2.17 bits per heavy atom. The van der Waals surface area contributed by atoms with Gasteiger partial charge >= 0.3 is 0 Å². The minimum atomic E-state index is -3.31. The van der Waals surface area contributed by atoms with E-state index in [-0.39, 0.29) is 29.0 Å². The Morgan fingerprint density at radius 3 is 2.83 bits per heavy atom. The lowest BCUT2D eigenvalue weighted by Crippen LogP contribution is -2.25. The summed E-state index contributed by atoms with van der Waals surface area (Å²) in [4.78, 5) is 0. The second-order valence-corrected chi connectivity index (χ2v) is 7.29. The van der Waals surface area contributed by atoms with Gasteiger partial charge in [-0.25, -0.2) is 22.2 Å². The van der Waals surface area contributed by atoms with Crippen LogP contribution in [0.15, 0.2) is 27.3 Å². The van der Waals surface area contributed by atoms with Gasteiger partial charge in [-0.2, -0.15) is 0 Å². The SMILES string of the molecule is CS(=O)(=O)NCCc1nonc1C(=N)Nc1ccc(F)c(Br)c1. The van der Waals surface area contributed by atoms with Gasteiger partial charge in [0.15, 0.2) is 11.5 Å². The summed E-state index contributed by atoms with van der Waals surface area (Å²) in [6.07, 6.45) is 1.26. The summed E-state index contributed by atoms with van der Waals surface area (Å²) in [5.41, 5.74) is 0.965. The third kappa shape index (κ3) is 5.08. The van der Waals surface area contributed by atoms with Gasteiger partial charge in [-0.15, -0.1) is 0 Å². The average molecular weight is 406 g/mol. The molecule has 8 nitrogen and oxygen atoms in total. The van der Waals surface area contributed by atoms with E-state index in [1.807, 2.05) is 0 Å². The van der Waals surface area contributed by atoms with Crippen molar-refractivity contribution in [1.82, 2.24) is 15.0 Å². The third-order valence-corrected chi connectivity index (χ3v) is 4.04. The van der Waals surface area contributed by atoms with E-state index in [1.54, 1.807) is 0 Å². The first-order valence-electron chi connectivity index (χ1n) is 6.33. The first-order valence-corrected chi connectivity index (χ1v) is 9.02. The number of amidine groups is 1. The summed E-state index contributed by atoms with van der Waals surface area (Å²) in [5, 5.41) is 18.0. The molecule has 2 rings (SSSR count). The highest BCUT2D eigenvalue weighted by Gasteiger charge is 2.16. The van der Waals surface area contributed by atoms with E-state index in [1.165, 1.54) is 18.2 Å². The molecule has 0 spiro atoms. The molecule has 1 heterocycles. The van der Waals surface area contributed by atoms with E-state index in [0.717, 1.165) is 6.26 Å². The number of aromatic nitrogens is 2. The van der Waals surface area contributed by atoms with Crippen LogP contribution in [0.4, 0.5) is 10.1 Å². The first-order chi connectivity index (χ1) is 10.8. The summed E-state index contributed by atoms with van der Waals surface area (Å²) in [6.45, 7) is 0.107. The van der Waals surface area contributed by atoms with Crippen molar-refractivity contribution in [3.63, 3.8) is 0 Å². The number of anilines is 1. The van der Waals surface area contributed by atoms with Crippen LogP contribution in [0.3, 0.4) is 0 Å². The molecule has 1 aromatic carbocycles. The predicted octanol–water partition coefficient (Wildman–Crippen LogP) is 1.50. The van der Waals surface area contributed by atoms with Gasteiger partial charge in [0.25, 0.3) is 0 Å². The van der Waals surface area contributed by atoms with Crippen molar-refractivity contribution in [2.75, 3.05) is 18.1 Å². The van der Waals surface area contributed by atoms with Crippen LogP contribution in [0.2, 0.25) is 0 Å². The molecule has 0 bridgehead atoms. The Hall–Kier alpha value is -1.85. The van der Waals surface area contributed by atoms with Crippen molar-refractivity contribution < 1.29 is 17.4 Å². The zero-order valence-electron chi connectivity index (χ0n) is 11.9. The van der Waals surface area contributed by atoms with Gasteiger partial charge < -0.3 is 5.32 Å². The van der Waals surface area contributed by atoms with Crippen LogP contribution in [0.25, 0.3) is 0 Å². The van der Waals surface area contributed by atoms with E-state index in [2.05, 4.69) is 40.9 Å². The van der Waals surface area contributed by atoms with Crippen LogP contribution in [-0.2, 0) is 16.4 Å². The molecule has 0 aliphatic rings. The van der Waals surface area contributed by atoms with Gasteiger partial charge in [0.2, 0.25) is 10.0 Å². The fraction of sp³-hybridized carbons (Fsp3) is 0.250. The molecule has 0 aliphatic heterocycles. The fourth-order valence-electron chi connectivity index (χ4n) is 1.69. The maximum Gasteiger partial charge on any atom is 0.208 e. The molecule has 11 heteroatoms. The van der Waals surface area contributed by atoms with Gasteiger partial charge in [0.1, 0.15) is 11.5 Å². The van der Waals surface area contributed by atoms with E-state index < -0.39 is 15.8 Å². The number of sulfonamides is 1. The first kappa shape index (κ1) is 17.5. The van der Waals surface area contributed by atoms with Gasteiger partial charge in [-0.05, 0) is 39.3 Å². The molecule has 0 saturated carbocycles. The Labute approximate surface area is 140 Å². The molecule has 0 radical (unpaired) electrons. The van der Waals surface area contributed by atoms with Crippen LogP contribution >= 0.6 is 15.9 Å². The Bertz CT molecular complexity index is 824. The molecule has 1 aromatic heterocycles. The highest BCUT2D eigenvalue weighted by Crippen LogP contribution is 2.20. The number of halogens is 2. The number of nitrogens with zero attached hydrogens (tertiary/aromatic N) is 2. The van der Waals surface area contributed by atoms with Crippen LogP contribution < -0.4 is 10.0 Å². The van der Waals surface area contributed by atoms with E-state index in [9.17, 15) is 12.8 Å². The molecule has 0 atom stereocenters. The number of rotatable bonds is 6. The van der Waals surface area contributed by atoms with Crippen molar-refractivity contribution in [2.45, 2.75) is 6.42 Å². The Kier molecular flexibility index (Phi) is 5.44. The summed E-state index contributed by atoms with van der Waals surface area (Å²) >= 11 is 3.05. The molecule has 124 valence electrons. The third-order valence-electron chi connectivity index (χ3n) is 2.71. The Morgan fingerprint density at radius 1 is 1.43 bits per heavy atom. The molecule has 2 aromatic rings. The molecule has 0 amide bonds. The maximum atomic E-state index is 13.2. The zero-order valence-corrected chi connectivity index (χ0v) is 14.3. The molecular weight excluding hydrogens is 393 g/mol. The standard InChI is InChI=1S/C12H13BrFN5O3S/c1-23(20,21)16-5-4-10-11(19-22-18-10)12(15)17-7-2-3-9(14)8(13)6-7/h2-3,6,16H,4-5H2,1H3,(H2,15,17).